The van der Waals surface area contributed by atoms with Gasteiger partial charge in [-0.1, -0.05) is 78.3 Å². The number of aliphatic hydroxyl groups excluding tert-OH is 1. The molecule has 0 aromatic heterocycles. The number of oxime groups is 1. The maximum atomic E-state index is 15.3. The molecule has 0 bridgehead atoms. The van der Waals surface area contributed by atoms with E-state index in [-0.39, 0.29) is 30.9 Å². The second-order valence-corrected chi connectivity index (χ2v) is 11.9. The van der Waals surface area contributed by atoms with Crippen LogP contribution in [-0.2, 0) is 11.2 Å². The second-order valence-electron chi connectivity index (χ2n) is 11.4. The average Bonchev–Trinajstić information content (AvgIpc) is 3.28. The predicted octanol–water partition coefficient (Wildman–Crippen LogP) is 6.25. The minimum Gasteiger partial charge on any atom is -0.496 e. The van der Waals surface area contributed by atoms with Gasteiger partial charge in [-0.25, -0.2) is 9.18 Å². The third-order valence-electron chi connectivity index (χ3n) is 8.16. The molecule has 3 atom stereocenters. The number of amides is 3. The predicted molar refractivity (Wildman–Crippen MR) is 183 cm³/mol. The number of amidine groups is 1. The standard InChI is InChI=1S/C37H36ClFN4O6/c1-3-31(24-14-16-29(30(39)20-24)35(45)34(44)23-10-6-4-7-11-23)41-37(47)43-22-33(42-49-28-12-8-5-9-13-28)40-21-26(36(43)46)18-25-19-27(38)15-17-32(25)48-2/h4-17,19-20,26,31,34,44H,3,18,21-22H2,1-2H3,(H,40,42)(H,41,47)/t26-,31-,34?/m1/s1. The molecule has 0 spiro atoms. The van der Waals surface area contributed by atoms with Crippen molar-refractivity contribution in [1.29, 1.82) is 0 Å². The van der Waals surface area contributed by atoms with Crippen molar-refractivity contribution >= 4 is 35.2 Å². The van der Waals surface area contributed by atoms with Crippen LogP contribution in [0.25, 0.3) is 0 Å². The Morgan fingerprint density at radius 1 is 1.04 bits per heavy atom. The highest BCUT2D eigenvalue weighted by molar-refractivity contribution is 6.30. The number of nitrogens with one attached hydrogen (secondary N) is 2. The number of rotatable bonds is 11. The van der Waals surface area contributed by atoms with Crippen LogP contribution in [0.1, 0.15) is 52.5 Å². The first-order valence-corrected chi connectivity index (χ1v) is 16.1. The van der Waals surface area contributed by atoms with Gasteiger partial charge in [0.25, 0.3) is 0 Å². The van der Waals surface area contributed by atoms with E-state index >= 15 is 4.39 Å². The molecule has 10 nitrogen and oxygen atoms in total. The molecule has 1 aliphatic heterocycles. The van der Waals surface area contributed by atoms with E-state index in [1.807, 2.05) is 6.07 Å². The smallest absolute Gasteiger partial charge is 0.325 e. The van der Waals surface area contributed by atoms with E-state index in [0.717, 1.165) is 11.0 Å². The summed E-state index contributed by atoms with van der Waals surface area (Å²) in [5, 5.41) is 21.2. The highest BCUT2D eigenvalue weighted by Gasteiger charge is 2.35. The van der Waals surface area contributed by atoms with Crippen molar-refractivity contribution in [2.75, 3.05) is 20.2 Å². The summed E-state index contributed by atoms with van der Waals surface area (Å²) in [6.07, 6.45) is -0.988. The van der Waals surface area contributed by atoms with E-state index in [4.69, 9.17) is 21.2 Å². The van der Waals surface area contributed by atoms with Crippen LogP contribution in [0.15, 0.2) is 102 Å². The number of carbonyl (C=O) groups excluding carboxylic acids is 3. The van der Waals surface area contributed by atoms with Crippen LogP contribution >= 0.6 is 11.6 Å². The van der Waals surface area contributed by atoms with Gasteiger partial charge in [0.15, 0.2) is 17.4 Å². The monoisotopic (exact) mass is 686 g/mol. The van der Waals surface area contributed by atoms with Gasteiger partial charge >= 0.3 is 6.03 Å². The molecule has 1 aliphatic rings. The molecular formula is C37H36ClFN4O6. The SMILES string of the molecule is CC[C@@H](NC(=O)N1CC(=NOc2ccccc2)NC[C@@H](Cc2cc(Cl)ccc2OC)C1=O)c1ccc(C(=O)C(O)c2ccccc2)c(F)c1. The number of methoxy groups -OCH3 is 1. The Balaban J connectivity index is 1.38. The number of aliphatic hydroxyl groups is 1. The Morgan fingerprint density at radius 2 is 1.76 bits per heavy atom. The van der Waals surface area contributed by atoms with E-state index < -0.39 is 41.6 Å². The summed E-state index contributed by atoms with van der Waals surface area (Å²) in [6.45, 7) is 1.71. The number of imide groups is 1. The van der Waals surface area contributed by atoms with Crippen LogP contribution in [-0.4, -0.2) is 53.8 Å². The van der Waals surface area contributed by atoms with E-state index in [9.17, 15) is 19.5 Å². The lowest BCUT2D eigenvalue weighted by Gasteiger charge is -2.26. The van der Waals surface area contributed by atoms with Gasteiger partial charge in [-0.05, 0) is 72.0 Å². The number of Topliss-reactive ketones (excluding diaryl/α,β-unsaturated/α-hetero) is 1. The van der Waals surface area contributed by atoms with Crippen molar-refractivity contribution in [2.45, 2.75) is 31.9 Å². The maximum absolute atomic E-state index is 15.3. The molecule has 49 heavy (non-hydrogen) atoms. The van der Waals surface area contributed by atoms with Crippen molar-refractivity contribution in [2.24, 2.45) is 11.1 Å². The normalized spacial score (nSPS) is 16.7. The van der Waals surface area contributed by atoms with E-state index in [2.05, 4.69) is 15.8 Å². The van der Waals surface area contributed by atoms with Gasteiger partial charge in [0.05, 0.1) is 31.2 Å². The Morgan fingerprint density at radius 3 is 2.43 bits per heavy atom. The van der Waals surface area contributed by atoms with Gasteiger partial charge in [0, 0.05) is 11.6 Å². The molecule has 0 aliphatic carbocycles. The fourth-order valence-electron chi connectivity index (χ4n) is 5.52. The minimum absolute atomic E-state index is 0.141. The van der Waals surface area contributed by atoms with E-state index in [1.54, 1.807) is 79.7 Å². The molecule has 3 N–H and O–H groups in total. The number of halogens is 2. The molecule has 4 aromatic carbocycles. The number of carbonyl (C=O) groups is 3. The average molecular weight is 687 g/mol. The molecule has 1 heterocycles. The van der Waals surface area contributed by atoms with Gasteiger partial charge in [0.1, 0.15) is 17.7 Å². The lowest BCUT2D eigenvalue weighted by molar-refractivity contribution is -0.131. The summed E-state index contributed by atoms with van der Waals surface area (Å²) in [5.41, 5.74) is 1.12. The molecule has 0 saturated carbocycles. The third-order valence-corrected chi connectivity index (χ3v) is 8.40. The summed E-state index contributed by atoms with van der Waals surface area (Å²) in [7, 11) is 1.52. The number of benzene rings is 4. The minimum atomic E-state index is -1.53. The van der Waals surface area contributed by atoms with Gasteiger partial charge in [0.2, 0.25) is 5.91 Å². The molecule has 4 aromatic rings. The van der Waals surface area contributed by atoms with Gasteiger partial charge in [-0.15, -0.1) is 0 Å². The van der Waals surface area contributed by atoms with Crippen LogP contribution < -0.4 is 20.2 Å². The molecular weight excluding hydrogens is 651 g/mol. The Bertz CT molecular complexity index is 1820. The molecule has 5 rings (SSSR count). The van der Waals surface area contributed by atoms with Crippen LogP contribution in [0.2, 0.25) is 5.02 Å². The zero-order valence-electron chi connectivity index (χ0n) is 26.9. The first kappa shape index (κ1) is 35.1. The van der Waals surface area contributed by atoms with E-state index in [1.165, 1.54) is 19.2 Å². The number of hydrogen-bond donors (Lipinski definition) is 3. The summed E-state index contributed by atoms with van der Waals surface area (Å²) in [4.78, 5) is 47.4. The van der Waals surface area contributed by atoms with Crippen molar-refractivity contribution in [3.8, 4) is 11.5 Å². The zero-order valence-corrected chi connectivity index (χ0v) is 27.7. The lowest BCUT2D eigenvalue weighted by atomic mass is 9.96. The largest absolute Gasteiger partial charge is 0.496 e. The Labute approximate surface area is 288 Å². The molecule has 254 valence electrons. The zero-order chi connectivity index (χ0) is 34.9. The molecule has 1 unspecified atom stereocenters. The van der Waals surface area contributed by atoms with Crippen LogP contribution in [0.3, 0.4) is 0 Å². The molecule has 1 fully saturated rings. The summed E-state index contributed by atoms with van der Waals surface area (Å²) in [6, 6.07) is 24.7. The number of nitrogens with zero attached hydrogens (tertiary/aromatic N) is 2. The number of para-hydroxylation sites is 1. The van der Waals surface area contributed by atoms with Gasteiger partial charge in [-0.2, -0.15) is 0 Å². The first-order chi connectivity index (χ1) is 23.7. The fraction of sp³-hybridized carbons (Fsp3) is 0.243. The fourth-order valence-corrected chi connectivity index (χ4v) is 5.71. The third kappa shape index (κ3) is 8.62. The Kier molecular flexibility index (Phi) is 11.6. The first-order valence-electron chi connectivity index (χ1n) is 15.7. The van der Waals surface area contributed by atoms with Crippen molar-refractivity contribution in [3.63, 3.8) is 0 Å². The molecule has 3 amide bonds. The molecule has 12 heteroatoms. The van der Waals surface area contributed by atoms with Crippen molar-refractivity contribution in [3.05, 3.63) is 130 Å². The summed E-state index contributed by atoms with van der Waals surface area (Å²) in [5.74, 6) is -1.58. The summed E-state index contributed by atoms with van der Waals surface area (Å²) < 4.78 is 20.8. The number of ketones is 1. The Hall–Kier alpha value is -5.26. The highest BCUT2D eigenvalue weighted by Crippen LogP contribution is 2.28. The van der Waals surface area contributed by atoms with E-state index in [0.29, 0.717) is 39.6 Å². The van der Waals surface area contributed by atoms with Gasteiger partial charge < -0.3 is 25.3 Å². The van der Waals surface area contributed by atoms with Crippen molar-refractivity contribution in [1.82, 2.24) is 15.5 Å². The van der Waals surface area contributed by atoms with Crippen molar-refractivity contribution < 1.29 is 33.5 Å². The topological polar surface area (TPSA) is 130 Å². The molecule has 1 saturated heterocycles. The molecule has 0 radical (unpaired) electrons. The second kappa shape index (κ2) is 16.2. The van der Waals surface area contributed by atoms with Gasteiger partial charge in [-0.3, -0.25) is 14.5 Å². The lowest BCUT2D eigenvalue weighted by Crippen LogP contribution is -2.48. The summed E-state index contributed by atoms with van der Waals surface area (Å²) >= 11 is 6.25. The highest BCUT2D eigenvalue weighted by atomic mass is 35.5. The van der Waals surface area contributed by atoms with Crippen LogP contribution in [0, 0.1) is 11.7 Å². The maximum Gasteiger partial charge on any atom is 0.325 e. The number of urea groups is 1. The van der Waals surface area contributed by atoms with Crippen LogP contribution in [0.5, 0.6) is 11.5 Å². The number of hydrogen-bond acceptors (Lipinski definition) is 7. The number of ether oxygens (including phenoxy) is 1. The quantitative estimate of drug-likeness (QED) is 0.126. The van der Waals surface area contributed by atoms with Crippen LogP contribution in [0.4, 0.5) is 9.18 Å².